The van der Waals surface area contributed by atoms with Crippen LogP contribution in [0.5, 0.6) is 0 Å². The van der Waals surface area contributed by atoms with Gasteiger partial charge < -0.3 is 9.15 Å². The number of para-hydroxylation sites is 1. The van der Waals surface area contributed by atoms with Crippen LogP contribution >= 0.6 is 23.4 Å². The number of hydrogen-bond acceptors (Lipinski definition) is 6. The number of rotatable bonds is 5. The second-order valence-corrected chi connectivity index (χ2v) is 9.29. The largest absolute Gasteiger partial charge is 0.453 e. The Kier molecular flexibility index (Phi) is 6.13. The van der Waals surface area contributed by atoms with Crippen molar-refractivity contribution in [3.63, 3.8) is 0 Å². The molecule has 2 aromatic carbocycles. The number of furan rings is 1. The van der Waals surface area contributed by atoms with Gasteiger partial charge in [0.2, 0.25) is 0 Å². The van der Waals surface area contributed by atoms with E-state index in [4.69, 9.17) is 20.8 Å². The van der Waals surface area contributed by atoms with E-state index in [1.807, 2.05) is 42.5 Å². The molecule has 170 valence electrons. The van der Waals surface area contributed by atoms with Crippen molar-refractivity contribution in [2.45, 2.75) is 16.2 Å². The summed E-state index contributed by atoms with van der Waals surface area (Å²) in [5.74, 6) is -0.471. The molecule has 2 atom stereocenters. The van der Waals surface area contributed by atoms with Crippen LogP contribution in [0, 0.1) is 0 Å². The number of thioether (sulfide) groups is 1. The average molecular weight is 492 g/mol. The van der Waals surface area contributed by atoms with Crippen molar-refractivity contribution in [1.29, 1.82) is 0 Å². The summed E-state index contributed by atoms with van der Waals surface area (Å²) in [6.07, 6.45) is 8.52. The first-order chi connectivity index (χ1) is 16.5. The van der Waals surface area contributed by atoms with Crippen LogP contribution in [-0.4, -0.2) is 36.1 Å². The van der Waals surface area contributed by atoms with Crippen LogP contribution in [0.25, 0.3) is 11.3 Å². The number of halogens is 1. The molecule has 1 aromatic heterocycles. The van der Waals surface area contributed by atoms with Crippen molar-refractivity contribution >= 4 is 47.2 Å². The van der Waals surface area contributed by atoms with Gasteiger partial charge in [-0.15, -0.1) is 11.8 Å². The van der Waals surface area contributed by atoms with Gasteiger partial charge in [0.05, 0.1) is 27.6 Å². The number of esters is 1. The van der Waals surface area contributed by atoms with Crippen LogP contribution < -0.4 is 4.90 Å². The lowest BCUT2D eigenvalue weighted by Gasteiger charge is -2.40. The topological polar surface area (TPSA) is 76.8 Å². The number of amides is 1. The van der Waals surface area contributed by atoms with Gasteiger partial charge in [-0.2, -0.15) is 0 Å². The SMILES string of the molecule is O=Cc1ccc(-c2ccc(Cl)c(C(=O)OCC(=O)N3c4ccccc4S[C@@H]4C=CC=C[C@@H]43)c2)o1. The Hall–Kier alpha value is -3.55. The minimum absolute atomic E-state index is 0.0789. The molecule has 1 aliphatic carbocycles. The minimum atomic E-state index is -0.724. The fourth-order valence-electron chi connectivity index (χ4n) is 3.96. The summed E-state index contributed by atoms with van der Waals surface area (Å²) in [4.78, 5) is 39.7. The van der Waals surface area contributed by atoms with E-state index in [0.29, 0.717) is 17.6 Å². The highest BCUT2D eigenvalue weighted by Crippen LogP contribution is 2.43. The van der Waals surface area contributed by atoms with Crippen molar-refractivity contribution in [3.05, 3.63) is 95.2 Å². The summed E-state index contributed by atoms with van der Waals surface area (Å²) in [7, 11) is 0. The predicted molar refractivity (Wildman–Crippen MR) is 130 cm³/mol. The highest BCUT2D eigenvalue weighted by Gasteiger charge is 2.36. The quantitative estimate of drug-likeness (QED) is 0.343. The fourth-order valence-corrected chi connectivity index (χ4v) is 5.41. The molecule has 34 heavy (non-hydrogen) atoms. The van der Waals surface area contributed by atoms with Gasteiger partial charge in [0.15, 0.2) is 18.7 Å². The first-order valence-electron chi connectivity index (χ1n) is 10.5. The molecule has 0 saturated heterocycles. The molecule has 0 unspecified atom stereocenters. The third-order valence-corrected chi connectivity index (χ3v) is 7.19. The molecule has 2 heterocycles. The van der Waals surface area contributed by atoms with Crippen molar-refractivity contribution in [1.82, 2.24) is 0 Å². The maximum absolute atomic E-state index is 13.3. The van der Waals surface area contributed by atoms with Gasteiger partial charge in [-0.05, 0) is 42.5 Å². The Labute approximate surface area is 204 Å². The molecule has 2 aliphatic rings. The van der Waals surface area contributed by atoms with Crippen LogP contribution in [0.2, 0.25) is 5.02 Å². The summed E-state index contributed by atoms with van der Waals surface area (Å²) in [5.41, 5.74) is 1.45. The number of hydrogen-bond donors (Lipinski definition) is 0. The summed E-state index contributed by atoms with van der Waals surface area (Å²) in [6.45, 7) is -0.435. The van der Waals surface area contributed by atoms with Crippen molar-refractivity contribution in [3.8, 4) is 11.3 Å². The molecule has 5 rings (SSSR count). The molecule has 0 radical (unpaired) electrons. The normalized spacial score (nSPS) is 18.2. The average Bonchev–Trinajstić information content (AvgIpc) is 3.35. The molecule has 1 aliphatic heterocycles. The molecular weight excluding hydrogens is 474 g/mol. The lowest BCUT2D eigenvalue weighted by atomic mass is 10.0. The maximum Gasteiger partial charge on any atom is 0.340 e. The zero-order valence-electron chi connectivity index (χ0n) is 17.7. The first-order valence-corrected chi connectivity index (χ1v) is 11.8. The zero-order valence-corrected chi connectivity index (χ0v) is 19.3. The van der Waals surface area contributed by atoms with Gasteiger partial charge in [0.25, 0.3) is 5.91 Å². The predicted octanol–water partition coefficient (Wildman–Crippen LogP) is 5.57. The van der Waals surface area contributed by atoms with Crippen molar-refractivity contribution in [2.75, 3.05) is 11.5 Å². The van der Waals surface area contributed by atoms with E-state index in [1.165, 1.54) is 12.1 Å². The summed E-state index contributed by atoms with van der Waals surface area (Å²) < 4.78 is 10.8. The number of fused-ring (bicyclic) bond motifs is 2. The third kappa shape index (κ3) is 4.20. The molecule has 0 N–H and O–H groups in total. The highest BCUT2D eigenvalue weighted by atomic mass is 35.5. The van der Waals surface area contributed by atoms with Crippen LogP contribution in [0.3, 0.4) is 0 Å². The van der Waals surface area contributed by atoms with E-state index in [2.05, 4.69) is 6.08 Å². The van der Waals surface area contributed by atoms with Crippen LogP contribution in [0.1, 0.15) is 20.9 Å². The summed E-state index contributed by atoms with van der Waals surface area (Å²) >= 11 is 7.93. The number of allylic oxidation sites excluding steroid dienone is 2. The van der Waals surface area contributed by atoms with Crippen LogP contribution in [-0.2, 0) is 9.53 Å². The molecule has 0 saturated carbocycles. The Morgan fingerprint density at radius 2 is 1.91 bits per heavy atom. The van der Waals surface area contributed by atoms with E-state index in [9.17, 15) is 14.4 Å². The number of anilines is 1. The molecule has 1 amide bonds. The molecule has 0 spiro atoms. The van der Waals surface area contributed by atoms with E-state index in [1.54, 1.807) is 34.9 Å². The number of ether oxygens (including phenoxy) is 1. The lowest BCUT2D eigenvalue weighted by molar-refractivity contribution is -0.122. The van der Waals surface area contributed by atoms with Crippen molar-refractivity contribution < 1.29 is 23.5 Å². The standard InChI is InChI=1S/C26H18ClNO5S/c27-19-11-9-16(22-12-10-17(14-29)33-22)13-18(19)26(31)32-15-25(30)28-20-5-1-3-7-23(20)34-24-8-4-2-6-21(24)28/h1-14,20,23H,15H2/t20-,23+/m0/s1. The highest BCUT2D eigenvalue weighted by molar-refractivity contribution is 8.00. The van der Waals surface area contributed by atoms with Crippen LogP contribution in [0.4, 0.5) is 5.69 Å². The number of carbonyl (C=O) groups is 3. The van der Waals surface area contributed by atoms with Crippen LogP contribution in [0.15, 0.2) is 88.2 Å². The van der Waals surface area contributed by atoms with Gasteiger partial charge in [0.1, 0.15) is 5.76 Å². The second-order valence-electron chi connectivity index (χ2n) is 7.66. The Morgan fingerprint density at radius 3 is 2.74 bits per heavy atom. The summed E-state index contributed by atoms with van der Waals surface area (Å²) in [6, 6.07) is 15.4. The molecule has 3 aromatic rings. The lowest BCUT2D eigenvalue weighted by Crippen LogP contribution is -2.49. The fraction of sp³-hybridized carbons (Fsp3) is 0.115. The molecule has 0 bridgehead atoms. The number of carbonyl (C=O) groups excluding carboxylic acids is 3. The zero-order chi connectivity index (χ0) is 23.7. The Balaban J connectivity index is 1.35. The summed E-state index contributed by atoms with van der Waals surface area (Å²) in [5, 5.41) is 0.263. The van der Waals surface area contributed by atoms with E-state index in [0.717, 1.165) is 10.6 Å². The molecule has 0 fully saturated rings. The number of aldehydes is 1. The minimum Gasteiger partial charge on any atom is -0.453 e. The van der Waals surface area contributed by atoms with Gasteiger partial charge in [0, 0.05) is 10.5 Å². The van der Waals surface area contributed by atoms with Gasteiger partial charge in [-0.1, -0.05) is 48.0 Å². The smallest absolute Gasteiger partial charge is 0.340 e. The van der Waals surface area contributed by atoms with E-state index in [-0.39, 0.29) is 33.5 Å². The van der Waals surface area contributed by atoms with Gasteiger partial charge in [-0.3, -0.25) is 14.5 Å². The van der Waals surface area contributed by atoms with E-state index < -0.39 is 12.6 Å². The third-order valence-electron chi connectivity index (χ3n) is 5.55. The first kappa shape index (κ1) is 22.3. The molecule has 8 heteroatoms. The Morgan fingerprint density at radius 1 is 1.09 bits per heavy atom. The molecule has 6 nitrogen and oxygen atoms in total. The monoisotopic (exact) mass is 491 g/mol. The maximum atomic E-state index is 13.3. The van der Waals surface area contributed by atoms with E-state index >= 15 is 0 Å². The Bertz CT molecular complexity index is 1340. The molecular formula is C26H18ClNO5S. The van der Waals surface area contributed by atoms with Crippen molar-refractivity contribution in [2.24, 2.45) is 0 Å². The van der Waals surface area contributed by atoms with Gasteiger partial charge in [-0.25, -0.2) is 4.79 Å². The number of nitrogens with zero attached hydrogens (tertiary/aromatic N) is 1. The van der Waals surface area contributed by atoms with Gasteiger partial charge >= 0.3 is 5.97 Å². The number of benzene rings is 2. The second kappa shape index (κ2) is 9.37.